The smallest absolute Gasteiger partial charge is 0.338 e. The molecule has 1 aromatic heterocycles. The van der Waals surface area contributed by atoms with Crippen molar-refractivity contribution in [3.63, 3.8) is 0 Å². The molecular formula is C21H22N2O2. The molecule has 0 aliphatic rings. The number of carbonyl (C=O) groups excluding carboxylic acids is 1. The van der Waals surface area contributed by atoms with Crippen LogP contribution in [0, 0.1) is 20.8 Å². The maximum Gasteiger partial charge on any atom is 0.338 e. The molecule has 25 heavy (non-hydrogen) atoms. The number of aryl methyl sites for hydroxylation is 3. The largest absolute Gasteiger partial charge is 0.462 e. The lowest BCUT2D eigenvalue weighted by molar-refractivity contribution is 0.0526. The molecule has 4 nitrogen and oxygen atoms in total. The number of fused-ring (bicyclic) bond motifs is 1. The quantitative estimate of drug-likeness (QED) is 0.676. The Kier molecular flexibility index (Phi) is 4.70. The van der Waals surface area contributed by atoms with Gasteiger partial charge in [-0.25, -0.2) is 9.78 Å². The summed E-state index contributed by atoms with van der Waals surface area (Å²) in [6.07, 6.45) is 0. The number of hydrogen-bond acceptors (Lipinski definition) is 4. The predicted molar refractivity (Wildman–Crippen MR) is 102 cm³/mol. The molecule has 0 saturated heterocycles. The Balaban J connectivity index is 1.89. The number of anilines is 2. The molecule has 4 heteroatoms. The van der Waals surface area contributed by atoms with Crippen LogP contribution in [0.15, 0.2) is 42.5 Å². The number of rotatable bonds is 4. The van der Waals surface area contributed by atoms with Crippen molar-refractivity contribution >= 4 is 28.4 Å². The molecule has 2 aromatic carbocycles. The average molecular weight is 334 g/mol. The number of aromatic nitrogens is 1. The third-order valence-corrected chi connectivity index (χ3v) is 4.12. The molecule has 0 bridgehead atoms. The van der Waals surface area contributed by atoms with E-state index in [0.717, 1.165) is 17.0 Å². The van der Waals surface area contributed by atoms with Gasteiger partial charge in [0, 0.05) is 11.1 Å². The number of nitrogens with zero attached hydrogens (tertiary/aromatic N) is 1. The fourth-order valence-electron chi connectivity index (χ4n) is 2.96. The highest BCUT2D eigenvalue weighted by atomic mass is 16.5. The highest BCUT2D eigenvalue weighted by Crippen LogP contribution is 2.26. The Labute approximate surface area is 147 Å². The van der Waals surface area contributed by atoms with Crippen LogP contribution in [-0.4, -0.2) is 17.6 Å². The minimum absolute atomic E-state index is 0.306. The molecule has 1 heterocycles. The zero-order chi connectivity index (χ0) is 18.0. The van der Waals surface area contributed by atoms with Crippen molar-refractivity contribution in [2.75, 3.05) is 11.9 Å². The summed E-state index contributed by atoms with van der Waals surface area (Å²) in [6.45, 7) is 8.45. The molecule has 0 aliphatic carbocycles. The van der Waals surface area contributed by atoms with E-state index in [1.165, 1.54) is 22.1 Å². The third kappa shape index (κ3) is 3.63. The van der Waals surface area contributed by atoms with Gasteiger partial charge < -0.3 is 10.1 Å². The highest BCUT2D eigenvalue weighted by molar-refractivity contribution is 5.90. The monoisotopic (exact) mass is 334 g/mol. The van der Waals surface area contributed by atoms with E-state index < -0.39 is 0 Å². The van der Waals surface area contributed by atoms with Gasteiger partial charge in [0.05, 0.1) is 17.7 Å². The standard InChI is InChI=1S/C21H22N2O2/c1-5-25-21(24)16-6-8-17(9-7-16)22-19-12-14(3)18-11-13(2)10-15(4)20(18)23-19/h6-12H,5H2,1-4H3,(H,22,23). The van der Waals surface area contributed by atoms with Gasteiger partial charge in [0.15, 0.2) is 0 Å². The number of carbonyl (C=O) groups is 1. The van der Waals surface area contributed by atoms with Crippen molar-refractivity contribution < 1.29 is 9.53 Å². The first kappa shape index (κ1) is 17.0. The second-order valence-electron chi connectivity index (χ2n) is 6.23. The Morgan fingerprint density at radius 3 is 2.44 bits per heavy atom. The van der Waals surface area contributed by atoms with E-state index >= 15 is 0 Å². The lowest BCUT2D eigenvalue weighted by atomic mass is 10.0. The van der Waals surface area contributed by atoms with Crippen LogP contribution in [0.25, 0.3) is 10.9 Å². The van der Waals surface area contributed by atoms with Crippen molar-refractivity contribution in [2.24, 2.45) is 0 Å². The molecule has 0 amide bonds. The number of esters is 1. The van der Waals surface area contributed by atoms with E-state index in [0.29, 0.717) is 12.2 Å². The number of ether oxygens (including phenoxy) is 1. The van der Waals surface area contributed by atoms with Gasteiger partial charge in [0.1, 0.15) is 5.82 Å². The Hall–Kier alpha value is -2.88. The molecule has 0 spiro atoms. The van der Waals surface area contributed by atoms with E-state index in [1.54, 1.807) is 19.1 Å². The van der Waals surface area contributed by atoms with Gasteiger partial charge in [-0.1, -0.05) is 11.6 Å². The van der Waals surface area contributed by atoms with Crippen LogP contribution in [0.1, 0.15) is 34.0 Å². The van der Waals surface area contributed by atoms with E-state index in [9.17, 15) is 4.79 Å². The van der Waals surface area contributed by atoms with E-state index in [4.69, 9.17) is 9.72 Å². The van der Waals surface area contributed by atoms with Crippen LogP contribution in [-0.2, 0) is 4.74 Å². The van der Waals surface area contributed by atoms with Crippen LogP contribution < -0.4 is 5.32 Å². The molecule has 0 radical (unpaired) electrons. The first-order chi connectivity index (χ1) is 12.0. The Bertz CT molecular complexity index is 931. The molecule has 3 aromatic rings. The molecule has 0 atom stereocenters. The van der Waals surface area contributed by atoms with Gasteiger partial charge >= 0.3 is 5.97 Å². The molecule has 0 unspecified atom stereocenters. The molecule has 0 saturated carbocycles. The van der Waals surface area contributed by atoms with Gasteiger partial charge in [-0.2, -0.15) is 0 Å². The molecular weight excluding hydrogens is 312 g/mol. The van der Waals surface area contributed by atoms with E-state index in [1.807, 2.05) is 18.2 Å². The topological polar surface area (TPSA) is 51.2 Å². The van der Waals surface area contributed by atoms with Crippen molar-refractivity contribution in [3.8, 4) is 0 Å². The third-order valence-electron chi connectivity index (χ3n) is 4.12. The maximum atomic E-state index is 11.7. The van der Waals surface area contributed by atoms with Crippen LogP contribution in [0.3, 0.4) is 0 Å². The van der Waals surface area contributed by atoms with Crippen LogP contribution >= 0.6 is 0 Å². The highest BCUT2D eigenvalue weighted by Gasteiger charge is 2.08. The SMILES string of the molecule is CCOC(=O)c1ccc(Nc2cc(C)c3cc(C)cc(C)c3n2)cc1. The lowest BCUT2D eigenvalue weighted by Crippen LogP contribution is -2.04. The zero-order valence-corrected chi connectivity index (χ0v) is 15.0. The van der Waals surface area contributed by atoms with Crippen molar-refractivity contribution in [2.45, 2.75) is 27.7 Å². The predicted octanol–water partition coefficient (Wildman–Crippen LogP) is 5.08. The van der Waals surface area contributed by atoms with Crippen molar-refractivity contribution in [1.29, 1.82) is 0 Å². The van der Waals surface area contributed by atoms with Gasteiger partial charge in [-0.05, 0) is 75.2 Å². The number of hydrogen-bond donors (Lipinski definition) is 1. The van der Waals surface area contributed by atoms with Gasteiger partial charge in [0.25, 0.3) is 0 Å². The number of nitrogens with one attached hydrogen (secondary N) is 1. The van der Waals surface area contributed by atoms with E-state index in [2.05, 4.69) is 38.2 Å². The fraction of sp³-hybridized carbons (Fsp3) is 0.238. The van der Waals surface area contributed by atoms with E-state index in [-0.39, 0.29) is 5.97 Å². The first-order valence-corrected chi connectivity index (χ1v) is 8.40. The van der Waals surface area contributed by atoms with Crippen LogP contribution in [0.4, 0.5) is 11.5 Å². The second-order valence-corrected chi connectivity index (χ2v) is 6.23. The summed E-state index contributed by atoms with van der Waals surface area (Å²) in [6, 6.07) is 13.6. The Morgan fingerprint density at radius 1 is 1.04 bits per heavy atom. The lowest BCUT2D eigenvalue weighted by Gasteiger charge is -2.12. The number of benzene rings is 2. The van der Waals surface area contributed by atoms with Crippen molar-refractivity contribution in [3.05, 3.63) is 64.7 Å². The van der Waals surface area contributed by atoms with Gasteiger partial charge in [-0.3, -0.25) is 0 Å². The maximum absolute atomic E-state index is 11.7. The first-order valence-electron chi connectivity index (χ1n) is 8.40. The summed E-state index contributed by atoms with van der Waals surface area (Å²) in [4.78, 5) is 16.5. The molecule has 3 rings (SSSR count). The van der Waals surface area contributed by atoms with Gasteiger partial charge in [0.2, 0.25) is 0 Å². The second kappa shape index (κ2) is 6.93. The molecule has 0 fully saturated rings. The van der Waals surface area contributed by atoms with Crippen LogP contribution in [0.2, 0.25) is 0 Å². The minimum atomic E-state index is -0.306. The number of pyridine rings is 1. The summed E-state index contributed by atoms with van der Waals surface area (Å²) in [5.74, 6) is 0.487. The zero-order valence-electron chi connectivity index (χ0n) is 15.0. The molecule has 1 N–H and O–H groups in total. The fourth-order valence-corrected chi connectivity index (χ4v) is 2.96. The summed E-state index contributed by atoms with van der Waals surface area (Å²) in [5.41, 5.74) is 6.02. The summed E-state index contributed by atoms with van der Waals surface area (Å²) < 4.78 is 5.00. The average Bonchev–Trinajstić information content (AvgIpc) is 2.57. The van der Waals surface area contributed by atoms with Crippen LogP contribution in [0.5, 0.6) is 0 Å². The van der Waals surface area contributed by atoms with Gasteiger partial charge in [-0.15, -0.1) is 0 Å². The Morgan fingerprint density at radius 2 is 1.76 bits per heavy atom. The summed E-state index contributed by atoms with van der Waals surface area (Å²) in [7, 11) is 0. The van der Waals surface area contributed by atoms with Crippen molar-refractivity contribution in [1.82, 2.24) is 4.98 Å². The molecule has 128 valence electrons. The summed E-state index contributed by atoms with van der Waals surface area (Å²) in [5, 5.41) is 4.49. The molecule has 0 aliphatic heterocycles. The summed E-state index contributed by atoms with van der Waals surface area (Å²) >= 11 is 0. The minimum Gasteiger partial charge on any atom is -0.462 e. The normalized spacial score (nSPS) is 10.7.